The number of amides is 1. The van der Waals surface area contributed by atoms with Crippen LogP contribution in [-0.4, -0.2) is 23.9 Å². The smallest absolute Gasteiger partial charge is 0.264 e. The van der Waals surface area contributed by atoms with Crippen LogP contribution in [0.5, 0.6) is 0 Å². The average Bonchev–Trinajstić information content (AvgIpc) is 2.99. The monoisotopic (exact) mass is 251 g/mol. The minimum atomic E-state index is -0.204. The summed E-state index contributed by atoms with van der Waals surface area (Å²) in [5.74, 6) is -0.204. The molecule has 1 aromatic rings. The Hall–Kier alpha value is -2.59. The first-order valence-corrected chi connectivity index (χ1v) is 6.16. The topological polar surface area (TPSA) is 67.9 Å². The van der Waals surface area contributed by atoms with Gasteiger partial charge in [-0.15, -0.1) is 0 Å². The molecule has 0 atom stereocenters. The van der Waals surface area contributed by atoms with Gasteiger partial charge in [0.15, 0.2) is 0 Å². The lowest BCUT2D eigenvalue weighted by molar-refractivity contribution is -0.125. The van der Waals surface area contributed by atoms with Gasteiger partial charge in [0.1, 0.15) is 11.6 Å². The maximum Gasteiger partial charge on any atom is 0.264 e. The van der Waals surface area contributed by atoms with Crippen LogP contribution in [0.25, 0.3) is 6.08 Å². The molecule has 0 bridgehead atoms. The van der Waals surface area contributed by atoms with E-state index in [2.05, 4.69) is 0 Å². The minimum Gasteiger partial charge on any atom is -0.338 e. The van der Waals surface area contributed by atoms with Crippen LogP contribution in [0.15, 0.2) is 29.8 Å². The number of hydrogen-bond acceptors (Lipinski definition) is 3. The summed E-state index contributed by atoms with van der Waals surface area (Å²) in [5.41, 5.74) is 1.45. The molecule has 0 unspecified atom stereocenters. The molecule has 1 amide bonds. The molecule has 94 valence electrons. The van der Waals surface area contributed by atoms with Gasteiger partial charge in [-0.25, -0.2) is 0 Å². The molecule has 1 aromatic carbocycles. The van der Waals surface area contributed by atoms with Crippen molar-refractivity contribution in [2.75, 3.05) is 13.1 Å². The Morgan fingerprint density at radius 3 is 2.32 bits per heavy atom. The molecule has 1 aliphatic rings. The van der Waals surface area contributed by atoms with Crippen LogP contribution in [-0.2, 0) is 4.79 Å². The Labute approximate surface area is 112 Å². The molecule has 2 rings (SSSR count). The highest BCUT2D eigenvalue weighted by atomic mass is 16.2. The molecule has 1 fully saturated rings. The summed E-state index contributed by atoms with van der Waals surface area (Å²) in [7, 11) is 0. The normalized spacial score (nSPS) is 14.8. The van der Waals surface area contributed by atoms with E-state index in [-0.39, 0.29) is 11.5 Å². The third kappa shape index (κ3) is 3.00. The molecule has 0 saturated carbocycles. The van der Waals surface area contributed by atoms with Gasteiger partial charge in [0.05, 0.1) is 11.6 Å². The van der Waals surface area contributed by atoms with Gasteiger partial charge in [-0.3, -0.25) is 4.79 Å². The van der Waals surface area contributed by atoms with Crippen molar-refractivity contribution in [3.05, 3.63) is 41.0 Å². The summed E-state index contributed by atoms with van der Waals surface area (Å²) in [6, 6.07) is 10.8. The van der Waals surface area contributed by atoms with Gasteiger partial charge >= 0.3 is 0 Å². The average molecular weight is 251 g/mol. The highest BCUT2D eigenvalue weighted by Crippen LogP contribution is 2.14. The second-order valence-corrected chi connectivity index (χ2v) is 4.40. The number of benzene rings is 1. The van der Waals surface area contributed by atoms with Gasteiger partial charge < -0.3 is 4.90 Å². The van der Waals surface area contributed by atoms with E-state index in [0.717, 1.165) is 31.5 Å². The predicted octanol–water partition coefficient (Wildman–Crippen LogP) is 2.09. The molecule has 0 aromatic heterocycles. The van der Waals surface area contributed by atoms with E-state index >= 15 is 0 Å². The Bertz CT molecular complexity index is 581. The largest absolute Gasteiger partial charge is 0.338 e. The number of nitriles is 2. The summed E-state index contributed by atoms with van der Waals surface area (Å²) in [5, 5.41) is 17.8. The number of rotatable bonds is 2. The standard InChI is InChI=1S/C15H13N3O/c16-10-13-5-3-12(4-6-13)9-14(11-17)15(19)18-7-1-2-8-18/h3-6,9H,1-2,7-8H2. The van der Waals surface area contributed by atoms with Crippen LogP contribution in [0.1, 0.15) is 24.0 Å². The van der Waals surface area contributed by atoms with Crippen molar-refractivity contribution in [3.63, 3.8) is 0 Å². The third-order valence-corrected chi connectivity index (χ3v) is 3.09. The van der Waals surface area contributed by atoms with Gasteiger partial charge in [0.25, 0.3) is 5.91 Å². The van der Waals surface area contributed by atoms with E-state index in [4.69, 9.17) is 10.5 Å². The lowest BCUT2D eigenvalue weighted by Crippen LogP contribution is -2.28. The third-order valence-electron chi connectivity index (χ3n) is 3.09. The van der Waals surface area contributed by atoms with Gasteiger partial charge in [-0.1, -0.05) is 12.1 Å². The summed E-state index contributed by atoms with van der Waals surface area (Å²) >= 11 is 0. The molecule has 1 aliphatic heterocycles. The fourth-order valence-corrected chi connectivity index (χ4v) is 2.05. The lowest BCUT2D eigenvalue weighted by atomic mass is 10.1. The first-order chi connectivity index (χ1) is 9.24. The Kier molecular flexibility index (Phi) is 3.95. The van der Waals surface area contributed by atoms with Crippen molar-refractivity contribution in [3.8, 4) is 12.1 Å². The number of carbonyl (C=O) groups is 1. The van der Waals surface area contributed by atoms with Crippen molar-refractivity contribution in [1.29, 1.82) is 10.5 Å². The summed E-state index contributed by atoms with van der Waals surface area (Å²) in [6.45, 7) is 1.45. The zero-order chi connectivity index (χ0) is 13.7. The van der Waals surface area contributed by atoms with Gasteiger partial charge in [-0.05, 0) is 36.6 Å². The Morgan fingerprint density at radius 2 is 1.79 bits per heavy atom. The van der Waals surface area contributed by atoms with Crippen molar-refractivity contribution >= 4 is 12.0 Å². The van der Waals surface area contributed by atoms with E-state index in [1.54, 1.807) is 35.2 Å². The first-order valence-electron chi connectivity index (χ1n) is 6.16. The van der Waals surface area contributed by atoms with Crippen LogP contribution in [0.4, 0.5) is 0 Å². The molecule has 0 aliphatic carbocycles. The summed E-state index contributed by atoms with van der Waals surface area (Å²) in [6.07, 6.45) is 3.57. The molecule has 0 spiro atoms. The predicted molar refractivity (Wildman–Crippen MR) is 70.6 cm³/mol. The molecule has 1 heterocycles. The van der Waals surface area contributed by atoms with Crippen LogP contribution in [0.3, 0.4) is 0 Å². The van der Waals surface area contributed by atoms with Crippen molar-refractivity contribution < 1.29 is 4.79 Å². The van der Waals surface area contributed by atoms with Crippen LogP contribution in [0.2, 0.25) is 0 Å². The first kappa shape index (κ1) is 12.9. The second-order valence-electron chi connectivity index (χ2n) is 4.40. The Morgan fingerprint density at radius 1 is 1.16 bits per heavy atom. The van der Waals surface area contributed by atoms with E-state index < -0.39 is 0 Å². The minimum absolute atomic E-state index is 0.145. The highest BCUT2D eigenvalue weighted by Gasteiger charge is 2.21. The van der Waals surface area contributed by atoms with Gasteiger partial charge in [-0.2, -0.15) is 10.5 Å². The molecule has 1 saturated heterocycles. The van der Waals surface area contributed by atoms with Crippen LogP contribution in [0, 0.1) is 22.7 Å². The molecule has 19 heavy (non-hydrogen) atoms. The number of hydrogen-bond donors (Lipinski definition) is 0. The fourth-order valence-electron chi connectivity index (χ4n) is 2.05. The molecule has 4 heteroatoms. The summed E-state index contributed by atoms with van der Waals surface area (Å²) in [4.78, 5) is 13.8. The van der Waals surface area contributed by atoms with Crippen molar-refractivity contribution in [2.45, 2.75) is 12.8 Å². The van der Waals surface area contributed by atoms with E-state index in [1.165, 1.54) is 0 Å². The number of nitrogens with zero attached hydrogens (tertiary/aromatic N) is 3. The lowest BCUT2D eigenvalue weighted by Gasteiger charge is -2.13. The molecule has 4 nitrogen and oxygen atoms in total. The second kappa shape index (κ2) is 5.84. The zero-order valence-corrected chi connectivity index (χ0v) is 10.5. The maximum absolute atomic E-state index is 12.1. The summed E-state index contributed by atoms with van der Waals surface area (Å²) < 4.78 is 0. The van der Waals surface area contributed by atoms with Crippen LogP contribution < -0.4 is 0 Å². The van der Waals surface area contributed by atoms with E-state index in [0.29, 0.717) is 5.56 Å². The molecule has 0 radical (unpaired) electrons. The van der Waals surface area contributed by atoms with Gasteiger partial charge in [0, 0.05) is 13.1 Å². The Balaban J connectivity index is 2.20. The van der Waals surface area contributed by atoms with Crippen LogP contribution >= 0.6 is 0 Å². The quantitative estimate of drug-likeness (QED) is 0.597. The number of likely N-dealkylation sites (tertiary alicyclic amines) is 1. The van der Waals surface area contributed by atoms with Crippen molar-refractivity contribution in [1.82, 2.24) is 4.90 Å². The molecular formula is C15H13N3O. The molecule has 0 N–H and O–H groups in total. The van der Waals surface area contributed by atoms with Crippen molar-refractivity contribution in [2.24, 2.45) is 0 Å². The van der Waals surface area contributed by atoms with E-state index in [9.17, 15) is 4.79 Å². The van der Waals surface area contributed by atoms with E-state index in [1.807, 2.05) is 12.1 Å². The molecular weight excluding hydrogens is 238 g/mol. The van der Waals surface area contributed by atoms with Gasteiger partial charge in [0.2, 0.25) is 0 Å². The SMILES string of the molecule is N#CC(=Cc1ccc(C#N)cc1)C(=O)N1CCCC1. The number of carbonyl (C=O) groups excluding carboxylic acids is 1. The fraction of sp³-hybridized carbons (Fsp3) is 0.267. The maximum atomic E-state index is 12.1. The zero-order valence-electron chi connectivity index (χ0n) is 10.5. The highest BCUT2D eigenvalue weighted by molar-refractivity contribution is 6.01.